The van der Waals surface area contributed by atoms with E-state index in [1.807, 2.05) is 79.7 Å². The first-order valence-electron chi connectivity index (χ1n) is 11.4. The number of imide groups is 1. The van der Waals surface area contributed by atoms with Crippen LogP contribution in [0.15, 0.2) is 103 Å². The number of carbonyl (C=O) groups excluding carboxylic acids is 2. The average Bonchev–Trinajstić information content (AvgIpc) is 3.08. The molecule has 0 aromatic heterocycles. The van der Waals surface area contributed by atoms with E-state index in [1.165, 1.54) is 5.01 Å². The van der Waals surface area contributed by atoms with Gasteiger partial charge in [-0.25, -0.2) is 0 Å². The van der Waals surface area contributed by atoms with Gasteiger partial charge in [0.2, 0.25) is 0 Å². The first-order valence-corrected chi connectivity index (χ1v) is 11.4. The third kappa shape index (κ3) is 3.24. The third-order valence-electron chi connectivity index (χ3n) is 7.01. The molecule has 5 nitrogen and oxygen atoms in total. The summed E-state index contributed by atoms with van der Waals surface area (Å²) in [5.74, 6) is -1.42. The first kappa shape index (κ1) is 21.7. The van der Waals surface area contributed by atoms with Crippen LogP contribution < -0.4 is 5.43 Å². The SMILES string of the molecule is C=CC1=CC[C@H]2C(=O)N(Nc3ccc(C)cc3)C(=O)[C@@]2(c2ccccc2)[C@H]1c1ccc(O)cc1. The monoisotopic (exact) mass is 450 g/mol. The van der Waals surface area contributed by atoms with Gasteiger partial charge in [0.15, 0.2) is 0 Å². The van der Waals surface area contributed by atoms with Crippen LogP contribution in [0.3, 0.4) is 0 Å². The van der Waals surface area contributed by atoms with Gasteiger partial charge in [0.1, 0.15) is 5.75 Å². The second kappa shape index (κ2) is 8.34. The number of phenolic OH excluding ortho intramolecular Hbond substituents is 1. The van der Waals surface area contributed by atoms with Crippen molar-refractivity contribution < 1.29 is 14.7 Å². The molecule has 0 spiro atoms. The molecule has 1 aliphatic carbocycles. The first-order chi connectivity index (χ1) is 16.5. The summed E-state index contributed by atoms with van der Waals surface area (Å²) in [6.07, 6.45) is 4.21. The summed E-state index contributed by atoms with van der Waals surface area (Å²) in [5, 5.41) is 11.1. The molecule has 5 rings (SSSR count). The number of carbonyl (C=O) groups is 2. The fourth-order valence-electron chi connectivity index (χ4n) is 5.42. The van der Waals surface area contributed by atoms with E-state index in [4.69, 9.17) is 0 Å². The minimum absolute atomic E-state index is 0.144. The van der Waals surface area contributed by atoms with Crippen LogP contribution in [-0.4, -0.2) is 21.9 Å². The predicted octanol–water partition coefficient (Wildman–Crippen LogP) is 5.25. The van der Waals surface area contributed by atoms with E-state index in [-0.39, 0.29) is 17.6 Å². The number of phenols is 1. The Morgan fingerprint density at radius 1 is 1.00 bits per heavy atom. The Bertz CT molecular complexity index is 1280. The molecule has 1 aliphatic heterocycles. The fourth-order valence-corrected chi connectivity index (χ4v) is 5.42. The highest BCUT2D eigenvalue weighted by Crippen LogP contribution is 2.57. The lowest BCUT2D eigenvalue weighted by Gasteiger charge is -2.43. The maximum Gasteiger partial charge on any atom is 0.260 e. The minimum atomic E-state index is -1.15. The number of nitrogens with zero attached hydrogens (tertiary/aromatic N) is 1. The average molecular weight is 451 g/mol. The molecule has 1 heterocycles. The normalized spacial score (nSPS) is 23.9. The number of nitrogens with one attached hydrogen (secondary N) is 1. The molecule has 2 amide bonds. The summed E-state index contributed by atoms with van der Waals surface area (Å²) in [6.45, 7) is 6.00. The zero-order valence-corrected chi connectivity index (χ0v) is 18.9. The molecule has 0 saturated carbocycles. The van der Waals surface area contributed by atoms with Crippen molar-refractivity contribution in [1.82, 2.24) is 5.01 Å². The van der Waals surface area contributed by atoms with Gasteiger partial charge in [0, 0.05) is 5.92 Å². The zero-order valence-electron chi connectivity index (χ0n) is 18.9. The maximum absolute atomic E-state index is 14.4. The van der Waals surface area contributed by atoms with Crippen LogP contribution in [0.4, 0.5) is 5.69 Å². The van der Waals surface area contributed by atoms with E-state index >= 15 is 0 Å². The molecule has 0 bridgehead atoms. The van der Waals surface area contributed by atoms with E-state index < -0.39 is 17.3 Å². The van der Waals surface area contributed by atoms with Crippen LogP contribution in [-0.2, 0) is 15.0 Å². The van der Waals surface area contributed by atoms with Gasteiger partial charge in [0.25, 0.3) is 11.8 Å². The summed E-state index contributed by atoms with van der Waals surface area (Å²) >= 11 is 0. The van der Waals surface area contributed by atoms with Crippen LogP contribution in [0.5, 0.6) is 5.75 Å². The number of aryl methyl sites for hydroxylation is 1. The van der Waals surface area contributed by atoms with Crippen molar-refractivity contribution in [3.8, 4) is 5.75 Å². The van der Waals surface area contributed by atoms with Gasteiger partial charge >= 0.3 is 0 Å². The lowest BCUT2D eigenvalue weighted by Crippen LogP contribution is -2.48. The number of rotatable bonds is 5. The second-order valence-electron chi connectivity index (χ2n) is 8.91. The highest BCUT2D eigenvalue weighted by Gasteiger charge is 2.65. The van der Waals surface area contributed by atoms with Gasteiger partial charge in [-0.2, -0.15) is 5.01 Å². The molecular weight excluding hydrogens is 424 g/mol. The number of fused-ring (bicyclic) bond motifs is 1. The summed E-state index contributed by atoms with van der Waals surface area (Å²) in [7, 11) is 0. The topological polar surface area (TPSA) is 69.6 Å². The molecule has 0 unspecified atom stereocenters. The molecule has 0 radical (unpaired) electrons. The lowest BCUT2D eigenvalue weighted by molar-refractivity contribution is -0.138. The van der Waals surface area contributed by atoms with Gasteiger partial charge in [-0.1, -0.05) is 78.9 Å². The van der Waals surface area contributed by atoms with Gasteiger partial charge in [-0.3, -0.25) is 15.0 Å². The van der Waals surface area contributed by atoms with Crippen molar-refractivity contribution in [2.24, 2.45) is 5.92 Å². The van der Waals surface area contributed by atoms with Crippen molar-refractivity contribution in [3.63, 3.8) is 0 Å². The maximum atomic E-state index is 14.4. The highest BCUT2D eigenvalue weighted by molar-refractivity contribution is 6.12. The van der Waals surface area contributed by atoms with Crippen molar-refractivity contribution in [2.75, 3.05) is 5.43 Å². The van der Waals surface area contributed by atoms with Gasteiger partial charge in [0.05, 0.1) is 17.0 Å². The van der Waals surface area contributed by atoms with Crippen LogP contribution in [0, 0.1) is 12.8 Å². The van der Waals surface area contributed by atoms with Crippen molar-refractivity contribution in [1.29, 1.82) is 0 Å². The Morgan fingerprint density at radius 2 is 1.68 bits per heavy atom. The molecule has 170 valence electrons. The number of hydrogen-bond donors (Lipinski definition) is 2. The van der Waals surface area contributed by atoms with Crippen LogP contribution in [0.2, 0.25) is 0 Å². The molecule has 2 N–H and O–H groups in total. The molecule has 2 aliphatic rings. The standard InChI is InChI=1S/C29H26N2O3/c1-3-20-13-18-25-27(33)31(30-23-14-9-19(2)10-15-23)28(34)29(25,22-7-5-4-6-8-22)26(20)21-11-16-24(32)17-12-21/h3-17,25-26,30,32H,1,18H2,2H3/t25-,26+,29+/m0/s1. The van der Waals surface area contributed by atoms with Gasteiger partial charge < -0.3 is 5.11 Å². The smallest absolute Gasteiger partial charge is 0.260 e. The van der Waals surface area contributed by atoms with Gasteiger partial charge in [-0.05, 0) is 54.3 Å². The van der Waals surface area contributed by atoms with E-state index in [9.17, 15) is 14.7 Å². The Hall–Kier alpha value is -4.12. The predicted molar refractivity (Wildman–Crippen MR) is 132 cm³/mol. The number of hydrogen-bond acceptors (Lipinski definition) is 4. The molecular formula is C29H26N2O3. The Kier molecular flexibility index (Phi) is 5.33. The Morgan fingerprint density at radius 3 is 2.32 bits per heavy atom. The number of allylic oxidation sites excluding steroid dienone is 3. The molecule has 1 fully saturated rings. The van der Waals surface area contributed by atoms with Crippen molar-refractivity contribution >= 4 is 17.5 Å². The molecule has 3 aromatic rings. The second-order valence-corrected chi connectivity index (χ2v) is 8.91. The van der Waals surface area contributed by atoms with Crippen LogP contribution >= 0.6 is 0 Å². The summed E-state index contributed by atoms with van der Waals surface area (Å²) in [5.41, 5.74) is 6.22. The highest BCUT2D eigenvalue weighted by atomic mass is 16.3. The number of amides is 2. The molecule has 34 heavy (non-hydrogen) atoms. The Balaban J connectivity index is 1.71. The lowest BCUT2D eigenvalue weighted by atomic mass is 9.56. The van der Waals surface area contributed by atoms with Crippen LogP contribution in [0.25, 0.3) is 0 Å². The number of hydrazine groups is 1. The van der Waals surface area contributed by atoms with Gasteiger partial charge in [-0.15, -0.1) is 0 Å². The number of anilines is 1. The summed E-state index contributed by atoms with van der Waals surface area (Å²) in [4.78, 5) is 28.2. The Labute approximate surface area is 199 Å². The molecule has 3 aromatic carbocycles. The summed E-state index contributed by atoms with van der Waals surface area (Å²) < 4.78 is 0. The van der Waals surface area contributed by atoms with E-state index in [0.29, 0.717) is 12.1 Å². The molecule has 1 saturated heterocycles. The zero-order chi connectivity index (χ0) is 23.9. The van der Waals surface area contributed by atoms with E-state index in [0.717, 1.165) is 22.3 Å². The van der Waals surface area contributed by atoms with Crippen LogP contribution in [0.1, 0.15) is 29.0 Å². The number of benzene rings is 3. The van der Waals surface area contributed by atoms with E-state index in [2.05, 4.69) is 12.0 Å². The quantitative estimate of drug-likeness (QED) is 0.521. The minimum Gasteiger partial charge on any atom is -0.508 e. The number of aromatic hydroxyl groups is 1. The van der Waals surface area contributed by atoms with Crippen molar-refractivity contribution in [3.05, 3.63) is 120 Å². The largest absolute Gasteiger partial charge is 0.508 e. The van der Waals surface area contributed by atoms with Crippen molar-refractivity contribution in [2.45, 2.75) is 24.7 Å². The molecule has 3 atom stereocenters. The molecule has 5 heteroatoms. The third-order valence-corrected chi connectivity index (χ3v) is 7.01. The van der Waals surface area contributed by atoms with E-state index in [1.54, 1.807) is 18.2 Å². The fraction of sp³-hybridized carbons (Fsp3) is 0.172. The summed E-state index contributed by atoms with van der Waals surface area (Å²) in [6, 6.07) is 24.0.